The van der Waals surface area contributed by atoms with Crippen LogP contribution in [0.3, 0.4) is 0 Å². The second-order valence-electron chi connectivity index (χ2n) is 9.10. The average molecular weight is 467 g/mol. The summed E-state index contributed by atoms with van der Waals surface area (Å²) in [4.78, 5) is 4.94. The first-order chi connectivity index (χ1) is 16.0. The first kappa shape index (κ1) is 25.2. The summed E-state index contributed by atoms with van der Waals surface area (Å²) >= 11 is 0. The number of hydrogen-bond donors (Lipinski definition) is 0. The first-order valence-electron chi connectivity index (χ1n) is 12.4. The predicted octanol–water partition coefficient (Wildman–Crippen LogP) is 7.69. The molecule has 0 amide bonds. The molecule has 5 heteroatoms. The predicted molar refractivity (Wildman–Crippen MR) is 139 cm³/mol. The topological polar surface area (TPSA) is 50.3 Å². The molecule has 2 aromatic carbocycles. The van der Waals surface area contributed by atoms with Crippen LogP contribution < -0.4 is 4.31 Å². The molecule has 0 unspecified atom stereocenters. The van der Waals surface area contributed by atoms with E-state index in [9.17, 15) is 8.42 Å². The third kappa shape index (κ3) is 6.35. The SMILES string of the molecule is CCCCCCCCCCN(c1cccc2cccnc12)S(=O)(=O)c1ccccc1C(C)C. The van der Waals surface area contributed by atoms with Gasteiger partial charge in [0.05, 0.1) is 16.1 Å². The van der Waals surface area contributed by atoms with Crippen LogP contribution in [0.4, 0.5) is 5.69 Å². The van der Waals surface area contributed by atoms with E-state index in [1.54, 1.807) is 16.6 Å². The number of aromatic nitrogens is 1. The van der Waals surface area contributed by atoms with Crippen molar-refractivity contribution in [3.05, 3.63) is 66.4 Å². The lowest BCUT2D eigenvalue weighted by molar-refractivity contribution is 0.568. The average Bonchev–Trinajstić information content (AvgIpc) is 2.83. The van der Waals surface area contributed by atoms with Crippen molar-refractivity contribution in [2.24, 2.45) is 0 Å². The van der Waals surface area contributed by atoms with Crippen LogP contribution in [0.25, 0.3) is 10.9 Å². The van der Waals surface area contributed by atoms with Crippen LogP contribution in [-0.2, 0) is 10.0 Å². The molecule has 0 spiro atoms. The van der Waals surface area contributed by atoms with Gasteiger partial charge in [0.1, 0.15) is 0 Å². The van der Waals surface area contributed by atoms with E-state index in [0.29, 0.717) is 17.1 Å². The van der Waals surface area contributed by atoms with Crippen molar-refractivity contribution in [3.63, 3.8) is 0 Å². The molecule has 0 radical (unpaired) electrons. The van der Waals surface area contributed by atoms with Crippen LogP contribution >= 0.6 is 0 Å². The van der Waals surface area contributed by atoms with Crippen LogP contribution in [0.5, 0.6) is 0 Å². The summed E-state index contributed by atoms with van der Waals surface area (Å²) in [6.45, 7) is 6.77. The van der Waals surface area contributed by atoms with Gasteiger partial charge in [-0.1, -0.05) is 102 Å². The van der Waals surface area contributed by atoms with Gasteiger partial charge in [-0.05, 0) is 36.1 Å². The van der Waals surface area contributed by atoms with Gasteiger partial charge in [0.15, 0.2) is 0 Å². The fourth-order valence-electron chi connectivity index (χ4n) is 4.36. The van der Waals surface area contributed by atoms with E-state index in [4.69, 9.17) is 0 Å². The quantitative estimate of drug-likeness (QED) is 0.243. The zero-order valence-corrected chi connectivity index (χ0v) is 21.2. The normalized spacial score (nSPS) is 11.9. The lowest BCUT2D eigenvalue weighted by atomic mass is 10.0. The molecule has 3 aromatic rings. The molecule has 0 atom stereocenters. The third-order valence-electron chi connectivity index (χ3n) is 6.20. The Morgan fingerprint density at radius 3 is 2.21 bits per heavy atom. The Hall–Kier alpha value is -2.40. The molecule has 4 nitrogen and oxygen atoms in total. The molecule has 1 heterocycles. The summed E-state index contributed by atoms with van der Waals surface area (Å²) < 4.78 is 29.7. The highest BCUT2D eigenvalue weighted by Gasteiger charge is 2.29. The van der Waals surface area contributed by atoms with Gasteiger partial charge in [0.25, 0.3) is 10.0 Å². The first-order valence-corrected chi connectivity index (χ1v) is 13.9. The van der Waals surface area contributed by atoms with Gasteiger partial charge in [-0.25, -0.2) is 8.42 Å². The Morgan fingerprint density at radius 1 is 0.818 bits per heavy atom. The van der Waals surface area contributed by atoms with Crippen LogP contribution in [0.1, 0.15) is 83.6 Å². The second kappa shape index (κ2) is 12.2. The Kier molecular flexibility index (Phi) is 9.30. The molecular formula is C28H38N2O2S. The van der Waals surface area contributed by atoms with Crippen LogP contribution in [0.2, 0.25) is 0 Å². The molecule has 0 aliphatic carbocycles. The minimum absolute atomic E-state index is 0.117. The van der Waals surface area contributed by atoms with E-state index < -0.39 is 10.0 Å². The molecule has 0 N–H and O–H groups in total. The van der Waals surface area contributed by atoms with E-state index in [0.717, 1.165) is 35.7 Å². The number of fused-ring (bicyclic) bond motifs is 1. The van der Waals surface area contributed by atoms with Crippen molar-refractivity contribution < 1.29 is 8.42 Å². The number of nitrogens with zero attached hydrogens (tertiary/aromatic N) is 2. The van der Waals surface area contributed by atoms with Gasteiger partial charge < -0.3 is 0 Å². The maximum absolute atomic E-state index is 14.0. The van der Waals surface area contributed by atoms with Crippen molar-refractivity contribution in [1.29, 1.82) is 0 Å². The van der Waals surface area contributed by atoms with Crippen LogP contribution in [0, 0.1) is 0 Å². The van der Waals surface area contributed by atoms with Gasteiger partial charge in [-0.2, -0.15) is 0 Å². The Morgan fingerprint density at radius 2 is 1.48 bits per heavy atom. The van der Waals surface area contributed by atoms with Crippen molar-refractivity contribution >= 4 is 26.6 Å². The molecule has 0 aliphatic rings. The molecule has 3 rings (SSSR count). The number of sulfonamides is 1. The summed E-state index contributed by atoms with van der Waals surface area (Å²) in [5.74, 6) is 0.117. The summed E-state index contributed by atoms with van der Waals surface area (Å²) in [5, 5.41) is 0.947. The highest BCUT2D eigenvalue weighted by molar-refractivity contribution is 7.93. The number of unbranched alkanes of at least 4 members (excludes halogenated alkanes) is 7. The number of pyridine rings is 1. The molecule has 0 bridgehead atoms. The van der Waals surface area contributed by atoms with Crippen molar-refractivity contribution in [1.82, 2.24) is 4.98 Å². The van der Waals surface area contributed by atoms with Gasteiger partial charge in [0, 0.05) is 18.1 Å². The lowest BCUT2D eigenvalue weighted by Crippen LogP contribution is -2.33. The van der Waals surface area contributed by atoms with E-state index in [1.165, 1.54) is 32.1 Å². The fourth-order valence-corrected chi connectivity index (χ4v) is 6.23. The summed E-state index contributed by atoms with van der Waals surface area (Å²) in [7, 11) is -3.73. The molecule has 178 valence electrons. The lowest BCUT2D eigenvalue weighted by Gasteiger charge is -2.27. The molecule has 1 aromatic heterocycles. The van der Waals surface area contributed by atoms with Gasteiger partial charge >= 0.3 is 0 Å². The number of hydrogen-bond acceptors (Lipinski definition) is 3. The van der Waals surface area contributed by atoms with Crippen LogP contribution in [-0.4, -0.2) is 19.9 Å². The number of anilines is 1. The van der Waals surface area contributed by atoms with E-state index in [2.05, 4.69) is 11.9 Å². The van der Waals surface area contributed by atoms with E-state index >= 15 is 0 Å². The highest BCUT2D eigenvalue weighted by Crippen LogP contribution is 2.33. The molecule has 0 aliphatic heterocycles. The van der Waals surface area contributed by atoms with Crippen molar-refractivity contribution in [3.8, 4) is 0 Å². The molecule has 33 heavy (non-hydrogen) atoms. The van der Waals surface area contributed by atoms with E-state index in [-0.39, 0.29) is 5.92 Å². The molecular weight excluding hydrogens is 428 g/mol. The zero-order chi connectivity index (χ0) is 23.7. The standard InChI is InChI=1S/C28H38N2O2S/c1-4-5-6-7-8-9-10-13-22-30(26-19-14-16-24-17-15-21-29-28(24)26)33(31,32)27-20-12-11-18-25(27)23(2)3/h11-12,14-21,23H,4-10,13,22H2,1-3H3. The van der Waals surface area contributed by atoms with Crippen LogP contribution in [0.15, 0.2) is 65.7 Å². The summed E-state index contributed by atoms with van der Waals surface area (Å²) in [6.07, 6.45) is 11.1. The van der Waals surface area contributed by atoms with Gasteiger partial charge in [-0.3, -0.25) is 9.29 Å². The zero-order valence-electron chi connectivity index (χ0n) is 20.3. The van der Waals surface area contributed by atoms with Crippen molar-refractivity contribution in [2.75, 3.05) is 10.8 Å². The largest absolute Gasteiger partial charge is 0.264 e. The Labute approximate surface area is 200 Å². The third-order valence-corrected chi connectivity index (χ3v) is 8.09. The second-order valence-corrected chi connectivity index (χ2v) is 10.9. The van der Waals surface area contributed by atoms with E-state index in [1.807, 2.05) is 62.4 Å². The maximum Gasteiger partial charge on any atom is 0.264 e. The fraction of sp³-hybridized carbons (Fsp3) is 0.464. The van der Waals surface area contributed by atoms with Crippen molar-refractivity contribution in [2.45, 2.75) is 83.0 Å². The molecule has 0 saturated carbocycles. The minimum Gasteiger partial charge on any atom is -0.264 e. The monoisotopic (exact) mass is 466 g/mol. The summed E-state index contributed by atoms with van der Waals surface area (Å²) in [6, 6.07) is 17.0. The Bertz CT molecular complexity index is 1120. The maximum atomic E-state index is 14.0. The summed E-state index contributed by atoms with van der Waals surface area (Å²) in [5.41, 5.74) is 2.24. The molecule has 0 saturated heterocycles. The molecule has 0 fully saturated rings. The minimum atomic E-state index is -3.73. The van der Waals surface area contributed by atoms with Gasteiger partial charge in [0.2, 0.25) is 0 Å². The number of benzene rings is 2. The Balaban J connectivity index is 1.90. The highest BCUT2D eigenvalue weighted by atomic mass is 32.2. The number of para-hydroxylation sites is 1. The number of rotatable bonds is 13. The smallest absolute Gasteiger partial charge is 0.264 e. The van der Waals surface area contributed by atoms with Gasteiger partial charge in [-0.15, -0.1) is 0 Å².